The highest BCUT2D eigenvalue weighted by Gasteiger charge is 2.21. The Hall–Kier alpha value is -2.72. The SMILES string of the molecule is CCN(CC)CCN(C(=O)/C=C/c1ccc([N+](=O)[O-])cc1)c1nc2c(OC)ccc(Cl)c2s1.Cl. The quantitative estimate of drug-likeness (QED) is 0.192. The zero-order valence-electron chi connectivity index (χ0n) is 19.1. The second-order valence-electron chi connectivity index (χ2n) is 7.12. The van der Waals surface area contributed by atoms with Crippen molar-refractivity contribution in [2.24, 2.45) is 0 Å². The van der Waals surface area contributed by atoms with Gasteiger partial charge in [0.15, 0.2) is 5.13 Å². The van der Waals surface area contributed by atoms with Crippen LogP contribution in [0.15, 0.2) is 42.5 Å². The van der Waals surface area contributed by atoms with Gasteiger partial charge >= 0.3 is 0 Å². The van der Waals surface area contributed by atoms with Crippen LogP contribution in [-0.2, 0) is 4.79 Å². The molecular formula is C23H26Cl2N4O4S. The lowest BCUT2D eigenvalue weighted by Gasteiger charge is -2.23. The summed E-state index contributed by atoms with van der Waals surface area (Å²) < 4.78 is 6.17. The largest absolute Gasteiger partial charge is 0.494 e. The maximum absolute atomic E-state index is 13.2. The van der Waals surface area contributed by atoms with Crippen molar-refractivity contribution in [1.29, 1.82) is 0 Å². The Morgan fingerprint density at radius 2 is 1.85 bits per heavy atom. The van der Waals surface area contributed by atoms with Crippen LogP contribution in [0.1, 0.15) is 19.4 Å². The predicted octanol–water partition coefficient (Wildman–Crippen LogP) is 5.68. The highest BCUT2D eigenvalue weighted by molar-refractivity contribution is 7.23. The van der Waals surface area contributed by atoms with Crippen LogP contribution < -0.4 is 9.64 Å². The molecule has 0 unspecified atom stereocenters. The van der Waals surface area contributed by atoms with Crippen LogP contribution in [0, 0.1) is 10.1 Å². The topological polar surface area (TPSA) is 88.8 Å². The fourth-order valence-electron chi connectivity index (χ4n) is 3.27. The number of rotatable bonds is 10. The van der Waals surface area contributed by atoms with Gasteiger partial charge in [0.05, 0.1) is 21.8 Å². The summed E-state index contributed by atoms with van der Waals surface area (Å²) in [6, 6.07) is 9.52. The van der Waals surface area contributed by atoms with Gasteiger partial charge in [-0.15, -0.1) is 12.4 Å². The molecule has 0 radical (unpaired) electrons. The molecule has 0 saturated heterocycles. The molecule has 34 heavy (non-hydrogen) atoms. The molecule has 1 heterocycles. The van der Waals surface area contributed by atoms with Crippen LogP contribution in [0.4, 0.5) is 10.8 Å². The van der Waals surface area contributed by atoms with Crippen LogP contribution in [0.2, 0.25) is 5.02 Å². The summed E-state index contributed by atoms with van der Waals surface area (Å²) in [5, 5.41) is 11.9. The van der Waals surface area contributed by atoms with Gasteiger partial charge in [0.2, 0.25) is 0 Å². The summed E-state index contributed by atoms with van der Waals surface area (Å²) >= 11 is 7.71. The molecule has 8 nitrogen and oxygen atoms in total. The number of aromatic nitrogens is 1. The minimum absolute atomic E-state index is 0. The smallest absolute Gasteiger partial charge is 0.269 e. The van der Waals surface area contributed by atoms with E-state index in [9.17, 15) is 14.9 Å². The molecule has 0 aliphatic rings. The number of hydrogen-bond acceptors (Lipinski definition) is 7. The van der Waals surface area contributed by atoms with Crippen LogP contribution >= 0.6 is 35.3 Å². The van der Waals surface area contributed by atoms with Crippen LogP contribution in [0.3, 0.4) is 0 Å². The van der Waals surface area contributed by atoms with E-state index < -0.39 is 4.92 Å². The number of carbonyl (C=O) groups is 1. The average molecular weight is 525 g/mol. The zero-order chi connectivity index (χ0) is 24.0. The summed E-state index contributed by atoms with van der Waals surface area (Å²) in [6.45, 7) is 7.03. The van der Waals surface area contributed by atoms with E-state index in [1.807, 2.05) is 0 Å². The maximum Gasteiger partial charge on any atom is 0.269 e. The number of benzene rings is 2. The number of hydrogen-bond donors (Lipinski definition) is 0. The lowest BCUT2D eigenvalue weighted by atomic mass is 10.2. The molecule has 0 spiro atoms. The van der Waals surface area contributed by atoms with Crippen molar-refractivity contribution in [3.63, 3.8) is 0 Å². The van der Waals surface area contributed by atoms with Gasteiger partial charge in [-0.3, -0.25) is 19.8 Å². The van der Waals surface area contributed by atoms with Gasteiger partial charge in [-0.2, -0.15) is 0 Å². The van der Waals surface area contributed by atoms with Gasteiger partial charge in [-0.1, -0.05) is 36.8 Å². The second-order valence-corrected chi connectivity index (χ2v) is 8.51. The number of anilines is 1. The van der Waals surface area contributed by atoms with Crippen LogP contribution in [0.25, 0.3) is 16.3 Å². The Morgan fingerprint density at radius 3 is 2.44 bits per heavy atom. The van der Waals surface area contributed by atoms with Crippen LogP contribution in [0.5, 0.6) is 5.75 Å². The molecule has 1 amide bonds. The molecule has 0 N–H and O–H groups in total. The molecule has 182 valence electrons. The molecule has 0 saturated carbocycles. The standard InChI is InChI=1S/C23H25ClN4O4S.ClH/c1-4-26(5-2)14-15-27(20(29)13-8-16-6-9-17(10-7-16)28(30)31)23-25-21-19(32-3)12-11-18(24)22(21)33-23;/h6-13H,4-5,14-15H2,1-3H3;1H/b13-8+;. The molecule has 0 aliphatic carbocycles. The molecule has 0 atom stereocenters. The number of ether oxygens (including phenoxy) is 1. The van der Waals surface area contributed by atoms with Gasteiger partial charge in [0.1, 0.15) is 11.3 Å². The monoisotopic (exact) mass is 524 g/mol. The number of amides is 1. The van der Waals surface area contributed by atoms with Crippen molar-refractivity contribution >= 4 is 68.4 Å². The molecule has 0 aliphatic heterocycles. The Labute approximate surface area is 213 Å². The second kappa shape index (κ2) is 12.7. The zero-order valence-corrected chi connectivity index (χ0v) is 21.5. The molecule has 11 heteroatoms. The first-order valence-electron chi connectivity index (χ1n) is 10.5. The summed E-state index contributed by atoms with van der Waals surface area (Å²) in [5.74, 6) is 0.351. The maximum atomic E-state index is 13.2. The van der Waals surface area contributed by atoms with Crippen molar-refractivity contribution in [1.82, 2.24) is 9.88 Å². The van der Waals surface area contributed by atoms with Crippen molar-refractivity contribution in [2.45, 2.75) is 13.8 Å². The number of nitrogens with zero attached hydrogens (tertiary/aromatic N) is 4. The van der Waals surface area contributed by atoms with E-state index in [-0.39, 0.29) is 24.0 Å². The molecule has 1 aromatic heterocycles. The van der Waals surface area contributed by atoms with E-state index in [4.69, 9.17) is 16.3 Å². The highest BCUT2D eigenvalue weighted by Crippen LogP contribution is 2.38. The lowest BCUT2D eigenvalue weighted by molar-refractivity contribution is -0.384. The summed E-state index contributed by atoms with van der Waals surface area (Å²) in [4.78, 5) is 32.1. The number of nitro benzene ring substituents is 1. The first-order chi connectivity index (χ1) is 15.9. The van der Waals surface area contributed by atoms with Crippen molar-refractivity contribution in [3.05, 3.63) is 63.2 Å². The van der Waals surface area contributed by atoms with Gasteiger partial charge in [-0.05, 0) is 49.0 Å². The number of carbonyl (C=O) groups excluding carboxylic acids is 1. The summed E-state index contributed by atoms with van der Waals surface area (Å²) in [6.07, 6.45) is 3.09. The molecule has 3 aromatic rings. The minimum Gasteiger partial charge on any atom is -0.494 e. The Balaban J connectivity index is 0.00000408. The van der Waals surface area contributed by atoms with E-state index in [1.165, 1.54) is 29.5 Å². The van der Waals surface area contributed by atoms with Gasteiger partial charge in [0, 0.05) is 31.3 Å². The number of non-ortho nitro benzene ring substituents is 1. The van der Waals surface area contributed by atoms with Gasteiger partial charge < -0.3 is 9.64 Å². The summed E-state index contributed by atoms with van der Waals surface area (Å²) in [5.41, 5.74) is 1.30. The van der Waals surface area contributed by atoms with Crippen molar-refractivity contribution in [3.8, 4) is 5.75 Å². The third-order valence-electron chi connectivity index (χ3n) is 5.22. The average Bonchev–Trinajstić information content (AvgIpc) is 3.27. The molecule has 3 rings (SSSR count). The number of halogens is 2. The third-order valence-corrected chi connectivity index (χ3v) is 6.76. The van der Waals surface area contributed by atoms with E-state index in [1.54, 1.807) is 42.4 Å². The van der Waals surface area contributed by atoms with E-state index >= 15 is 0 Å². The van der Waals surface area contributed by atoms with E-state index in [2.05, 4.69) is 23.7 Å². The van der Waals surface area contributed by atoms with E-state index in [0.29, 0.717) is 40.1 Å². The number of fused-ring (bicyclic) bond motifs is 1. The first-order valence-corrected chi connectivity index (χ1v) is 11.7. The van der Waals surface area contributed by atoms with Gasteiger partial charge in [-0.25, -0.2) is 4.98 Å². The molecule has 0 bridgehead atoms. The molecular weight excluding hydrogens is 499 g/mol. The van der Waals surface area contributed by atoms with Crippen molar-refractivity contribution < 1.29 is 14.5 Å². The Morgan fingerprint density at radius 1 is 1.18 bits per heavy atom. The lowest BCUT2D eigenvalue weighted by Crippen LogP contribution is -2.38. The minimum atomic E-state index is -0.458. The molecule has 0 fully saturated rings. The Kier molecular flexibility index (Phi) is 10.2. The van der Waals surface area contributed by atoms with Crippen LogP contribution in [-0.4, -0.2) is 54.0 Å². The Bertz CT molecular complexity index is 1160. The number of thiazole rings is 1. The fourth-order valence-corrected chi connectivity index (χ4v) is 4.55. The predicted molar refractivity (Wildman–Crippen MR) is 141 cm³/mol. The van der Waals surface area contributed by atoms with Crippen molar-refractivity contribution in [2.75, 3.05) is 38.2 Å². The molecule has 2 aromatic carbocycles. The number of likely N-dealkylation sites (N-methyl/N-ethyl adjacent to an activating group) is 1. The van der Waals surface area contributed by atoms with Gasteiger partial charge in [0.25, 0.3) is 11.6 Å². The third kappa shape index (κ3) is 6.44. The first kappa shape index (κ1) is 27.5. The number of methoxy groups -OCH3 is 1. The summed E-state index contributed by atoms with van der Waals surface area (Å²) in [7, 11) is 1.57. The van der Waals surface area contributed by atoms with E-state index in [0.717, 1.165) is 17.8 Å². The highest BCUT2D eigenvalue weighted by atomic mass is 35.5. The number of nitro groups is 1. The normalized spacial score (nSPS) is 11.1. The fraction of sp³-hybridized carbons (Fsp3) is 0.304.